The molecule has 178 valence electrons. The summed E-state index contributed by atoms with van der Waals surface area (Å²) < 4.78 is 49.1. The minimum absolute atomic E-state index is 0.277. The van der Waals surface area contributed by atoms with E-state index in [2.05, 4.69) is 13.0 Å². The summed E-state index contributed by atoms with van der Waals surface area (Å²) in [7, 11) is 0. The van der Waals surface area contributed by atoms with Crippen LogP contribution in [0.15, 0.2) is 60.7 Å². The van der Waals surface area contributed by atoms with Crippen molar-refractivity contribution in [3.8, 4) is 16.9 Å². The molecule has 3 aromatic rings. The first-order valence-electron chi connectivity index (χ1n) is 12.2. The molecule has 0 bridgehead atoms. The number of hydrogen-bond donors (Lipinski definition) is 0. The van der Waals surface area contributed by atoms with Crippen LogP contribution in [0.3, 0.4) is 0 Å². The van der Waals surface area contributed by atoms with Gasteiger partial charge in [-0.05, 0) is 91.3 Å². The average molecular weight is 465 g/mol. The maximum absolute atomic E-state index is 14.8. The fraction of sp³-hybridized carbons (Fsp3) is 0.333. The molecule has 0 aliphatic heterocycles. The maximum atomic E-state index is 14.8. The molecule has 1 nitrogen and oxygen atoms in total. The minimum Gasteiger partial charge on any atom is -0.491 e. The van der Waals surface area contributed by atoms with E-state index in [1.54, 1.807) is 18.2 Å². The van der Waals surface area contributed by atoms with Gasteiger partial charge in [-0.25, -0.2) is 13.2 Å². The molecule has 0 radical (unpaired) electrons. The van der Waals surface area contributed by atoms with Gasteiger partial charge < -0.3 is 4.74 Å². The van der Waals surface area contributed by atoms with Crippen LogP contribution in [0, 0.1) is 23.4 Å². The van der Waals surface area contributed by atoms with E-state index in [4.69, 9.17) is 4.74 Å². The molecular weight excluding hydrogens is 433 g/mol. The lowest BCUT2D eigenvalue weighted by Crippen LogP contribution is -2.08. The molecular formula is C30H31F3O. The van der Waals surface area contributed by atoms with Gasteiger partial charge in [0.2, 0.25) is 0 Å². The molecule has 0 saturated carbocycles. The van der Waals surface area contributed by atoms with Gasteiger partial charge in [0.25, 0.3) is 0 Å². The zero-order valence-electron chi connectivity index (χ0n) is 19.8. The second kappa shape index (κ2) is 10.9. The highest BCUT2D eigenvalue weighted by atomic mass is 19.2. The monoisotopic (exact) mass is 464 g/mol. The maximum Gasteiger partial charge on any atom is 0.166 e. The van der Waals surface area contributed by atoms with Gasteiger partial charge in [-0.15, -0.1) is 0 Å². The van der Waals surface area contributed by atoms with Crippen molar-refractivity contribution in [1.82, 2.24) is 0 Å². The zero-order chi connectivity index (χ0) is 24.1. The van der Waals surface area contributed by atoms with Gasteiger partial charge >= 0.3 is 0 Å². The molecule has 4 heteroatoms. The Morgan fingerprint density at radius 2 is 1.65 bits per heavy atom. The summed E-state index contributed by atoms with van der Waals surface area (Å²) in [6.45, 7) is 4.32. The second-order valence-electron chi connectivity index (χ2n) is 8.94. The molecule has 1 aliphatic carbocycles. The molecule has 4 rings (SSSR count). The third-order valence-electron chi connectivity index (χ3n) is 6.78. The van der Waals surface area contributed by atoms with E-state index >= 15 is 0 Å². The molecule has 3 aromatic carbocycles. The quantitative estimate of drug-likeness (QED) is 0.324. The summed E-state index contributed by atoms with van der Waals surface area (Å²) in [5.74, 6) is -1.18. The minimum atomic E-state index is -0.773. The number of hydrogen-bond acceptors (Lipinski definition) is 1. The summed E-state index contributed by atoms with van der Waals surface area (Å²) in [5, 5.41) is 0. The molecule has 1 aliphatic rings. The van der Waals surface area contributed by atoms with E-state index in [-0.39, 0.29) is 11.6 Å². The van der Waals surface area contributed by atoms with E-state index in [1.165, 1.54) is 11.6 Å². The van der Waals surface area contributed by atoms with Gasteiger partial charge in [0, 0.05) is 5.56 Å². The number of ether oxygens (including phenoxy) is 1. The predicted octanol–water partition coefficient (Wildman–Crippen LogP) is 8.55. The number of rotatable bonds is 8. The van der Waals surface area contributed by atoms with Crippen LogP contribution in [0.25, 0.3) is 16.7 Å². The Morgan fingerprint density at radius 1 is 0.882 bits per heavy atom. The third-order valence-corrected chi connectivity index (χ3v) is 6.78. The number of benzene rings is 3. The Morgan fingerprint density at radius 3 is 2.29 bits per heavy atom. The summed E-state index contributed by atoms with van der Waals surface area (Å²) in [6.07, 6.45) is 7.02. The summed E-state index contributed by atoms with van der Waals surface area (Å²) in [6, 6.07) is 16.1. The summed E-state index contributed by atoms with van der Waals surface area (Å²) in [5.41, 5.74) is 4.60. The van der Waals surface area contributed by atoms with Crippen molar-refractivity contribution in [1.29, 1.82) is 0 Å². The zero-order valence-corrected chi connectivity index (χ0v) is 19.8. The van der Waals surface area contributed by atoms with Crippen LogP contribution in [0.2, 0.25) is 0 Å². The van der Waals surface area contributed by atoms with E-state index in [9.17, 15) is 13.2 Å². The average Bonchev–Trinajstić information content (AvgIpc) is 2.87. The third kappa shape index (κ3) is 5.38. The second-order valence-corrected chi connectivity index (χ2v) is 8.94. The van der Waals surface area contributed by atoms with Crippen LogP contribution in [-0.4, -0.2) is 6.61 Å². The van der Waals surface area contributed by atoms with Gasteiger partial charge in [-0.2, -0.15) is 0 Å². The van der Waals surface area contributed by atoms with Crippen LogP contribution in [0.5, 0.6) is 5.75 Å². The smallest absolute Gasteiger partial charge is 0.166 e. The largest absolute Gasteiger partial charge is 0.491 e. The number of allylic oxidation sites excluding steroid dienone is 2. The van der Waals surface area contributed by atoms with Crippen molar-refractivity contribution in [3.63, 3.8) is 0 Å². The molecule has 0 heterocycles. The van der Waals surface area contributed by atoms with Gasteiger partial charge in [0.1, 0.15) is 0 Å². The van der Waals surface area contributed by atoms with Crippen LogP contribution >= 0.6 is 0 Å². The number of halogens is 3. The van der Waals surface area contributed by atoms with Gasteiger partial charge in [0.05, 0.1) is 6.61 Å². The highest BCUT2D eigenvalue weighted by Gasteiger charge is 2.19. The SMILES string of the molecule is CCOc1ccc(C2=CCC(CCc3ccc(-c4ccc(CC)cc4)c(F)c3F)CC2)cc1F. The fourth-order valence-corrected chi connectivity index (χ4v) is 4.67. The van der Waals surface area contributed by atoms with Crippen LogP contribution in [0.1, 0.15) is 56.2 Å². The first kappa shape index (κ1) is 24.1. The standard InChI is InChI=1S/C30H31F3O/c1-3-20-5-12-23(13-6-20)26-17-15-24(29(32)30(26)33)14-9-21-7-10-22(11-8-21)25-16-18-28(34-4-2)27(31)19-25/h5-6,10,12-13,15-19,21H,3-4,7-9,11,14H2,1-2H3. The van der Waals surface area contributed by atoms with Crippen molar-refractivity contribution in [3.05, 3.63) is 94.8 Å². The van der Waals surface area contributed by atoms with Crippen molar-refractivity contribution in [2.45, 2.75) is 52.4 Å². The van der Waals surface area contributed by atoms with E-state index < -0.39 is 11.6 Å². The highest BCUT2D eigenvalue weighted by Crippen LogP contribution is 2.35. The Hall–Kier alpha value is -3.01. The number of aryl methyl sites for hydroxylation is 2. The van der Waals surface area contributed by atoms with Gasteiger partial charge in [-0.1, -0.05) is 55.5 Å². The Balaban J connectivity index is 1.38. The van der Waals surface area contributed by atoms with E-state index in [0.717, 1.165) is 43.2 Å². The molecule has 0 amide bonds. The van der Waals surface area contributed by atoms with Crippen LogP contribution in [0.4, 0.5) is 13.2 Å². The lowest BCUT2D eigenvalue weighted by atomic mass is 9.83. The normalized spacial score (nSPS) is 15.8. The van der Waals surface area contributed by atoms with E-state index in [0.29, 0.717) is 35.6 Å². The van der Waals surface area contributed by atoms with Crippen LogP contribution < -0.4 is 4.74 Å². The summed E-state index contributed by atoms with van der Waals surface area (Å²) in [4.78, 5) is 0. The highest BCUT2D eigenvalue weighted by molar-refractivity contribution is 5.67. The molecule has 0 spiro atoms. The first-order chi connectivity index (χ1) is 16.5. The van der Waals surface area contributed by atoms with E-state index in [1.807, 2.05) is 37.3 Å². The summed E-state index contributed by atoms with van der Waals surface area (Å²) >= 11 is 0. The Kier molecular flexibility index (Phi) is 7.77. The van der Waals surface area contributed by atoms with Crippen molar-refractivity contribution in [2.24, 2.45) is 5.92 Å². The van der Waals surface area contributed by atoms with Crippen molar-refractivity contribution < 1.29 is 17.9 Å². The van der Waals surface area contributed by atoms with Gasteiger partial charge in [0.15, 0.2) is 23.2 Å². The molecule has 0 N–H and O–H groups in total. The fourth-order valence-electron chi connectivity index (χ4n) is 4.67. The van der Waals surface area contributed by atoms with Crippen molar-refractivity contribution in [2.75, 3.05) is 6.61 Å². The molecule has 0 aromatic heterocycles. The van der Waals surface area contributed by atoms with Crippen molar-refractivity contribution >= 4 is 5.57 Å². The predicted molar refractivity (Wildman–Crippen MR) is 132 cm³/mol. The molecule has 34 heavy (non-hydrogen) atoms. The Labute approximate surface area is 200 Å². The first-order valence-corrected chi connectivity index (χ1v) is 12.2. The lowest BCUT2D eigenvalue weighted by Gasteiger charge is -2.22. The molecule has 0 saturated heterocycles. The molecule has 1 atom stereocenters. The molecule has 0 fully saturated rings. The lowest BCUT2D eigenvalue weighted by molar-refractivity contribution is 0.321. The topological polar surface area (TPSA) is 9.23 Å². The van der Waals surface area contributed by atoms with Crippen LogP contribution in [-0.2, 0) is 12.8 Å². The van der Waals surface area contributed by atoms with Gasteiger partial charge in [-0.3, -0.25) is 0 Å². The Bertz CT molecular complexity index is 1160. The molecule has 1 unspecified atom stereocenters.